The van der Waals surface area contributed by atoms with Gasteiger partial charge in [0.1, 0.15) is 0 Å². The summed E-state index contributed by atoms with van der Waals surface area (Å²) in [6, 6.07) is 0. The molecule has 0 nitrogen and oxygen atoms in total. The molecule has 4 fully saturated rings. The lowest BCUT2D eigenvalue weighted by molar-refractivity contribution is 0.141. The summed E-state index contributed by atoms with van der Waals surface area (Å²) < 4.78 is 0. The molecule has 0 aromatic carbocycles. The van der Waals surface area contributed by atoms with Gasteiger partial charge in [-0.3, -0.25) is 0 Å². The highest BCUT2D eigenvalue weighted by Gasteiger charge is 2.50. The molecule has 4 aliphatic rings. The van der Waals surface area contributed by atoms with E-state index in [4.69, 9.17) is 0 Å². The second kappa shape index (κ2) is 23.4. The maximum absolute atomic E-state index is 2.38. The van der Waals surface area contributed by atoms with E-state index in [1.54, 1.807) is 0 Å². The quantitative estimate of drug-likeness (QED) is 0.231. The van der Waals surface area contributed by atoms with Gasteiger partial charge in [0.2, 0.25) is 0 Å². The van der Waals surface area contributed by atoms with Crippen LogP contribution >= 0.6 is 0 Å². The Hall–Kier alpha value is 0. The summed E-state index contributed by atoms with van der Waals surface area (Å²) in [6.45, 7) is 61.7. The maximum atomic E-state index is 2.38. The Morgan fingerprint density at radius 3 is 0.491 bits per heavy atom. The number of rotatable bonds is 0. The summed E-state index contributed by atoms with van der Waals surface area (Å²) in [5, 5.41) is 0. The third-order valence-corrected chi connectivity index (χ3v) is 10.8. The van der Waals surface area contributed by atoms with Crippen molar-refractivity contribution in [1.82, 2.24) is 0 Å². The molecule has 0 heterocycles. The molecule has 4 aliphatic carbocycles. The lowest BCUT2D eigenvalue weighted by Crippen LogP contribution is -2.26. The molecule has 0 aromatic heterocycles. The van der Waals surface area contributed by atoms with Crippen LogP contribution in [0.25, 0.3) is 0 Å². The third kappa shape index (κ3) is 40.0. The molecule has 0 heteroatoms. The minimum atomic E-state index is 0.500. The van der Waals surface area contributed by atoms with Gasteiger partial charge >= 0.3 is 0 Å². The smallest absolute Gasteiger partial charge is 0.0329 e. The van der Waals surface area contributed by atoms with Gasteiger partial charge < -0.3 is 0 Å². The molecule has 0 aliphatic heterocycles. The highest BCUT2D eigenvalue weighted by atomic mass is 14.5. The average molecular weight is 749 g/mol. The van der Waals surface area contributed by atoms with Crippen LogP contribution in [0, 0.1) is 72.9 Å². The summed E-state index contributed by atoms with van der Waals surface area (Å²) in [7, 11) is 0. The van der Waals surface area contributed by atoms with Crippen molar-refractivity contribution in [2.45, 2.75) is 270 Å². The standard InChI is InChI=1S/C11H22.C10H20.C9H18.C8H16.3C5H12/c1-10(2,3)8-7-9(8)11(4,5)6;1-10(2,3)9-7-5-4-6-8-9;1-9(2,3)8-6-4-5-7-8;1-8(2,3)7-5-4-6-7;3*1-5(2,3)4/h8-9H,7H2,1-6H3;9H,4-8H2,1-3H3;8H,4-7H2,1-3H3;7H,4-6H2,1-3H3;3*1-4H3. The van der Waals surface area contributed by atoms with Crippen molar-refractivity contribution >= 4 is 0 Å². The van der Waals surface area contributed by atoms with E-state index in [2.05, 4.69) is 187 Å². The van der Waals surface area contributed by atoms with Crippen molar-refractivity contribution in [3.8, 4) is 0 Å². The Labute approximate surface area is 342 Å². The summed E-state index contributed by atoms with van der Waals surface area (Å²) in [5.74, 6) is 4.99. The van der Waals surface area contributed by atoms with Gasteiger partial charge in [-0.1, -0.05) is 225 Å². The molecule has 4 rings (SSSR count). The Morgan fingerprint density at radius 1 is 0.226 bits per heavy atom. The molecule has 0 aromatic rings. The second-order valence-electron chi connectivity index (χ2n) is 28.2. The van der Waals surface area contributed by atoms with E-state index >= 15 is 0 Å². The summed E-state index contributed by atoms with van der Waals surface area (Å²) in [4.78, 5) is 0. The molecule has 0 radical (unpaired) electrons. The van der Waals surface area contributed by atoms with Crippen LogP contribution in [0.4, 0.5) is 0 Å². The molecular formula is C53H112. The number of hydrogen-bond donors (Lipinski definition) is 0. The van der Waals surface area contributed by atoms with E-state index < -0.39 is 0 Å². The van der Waals surface area contributed by atoms with Gasteiger partial charge in [-0.05, 0) is 118 Å². The van der Waals surface area contributed by atoms with Crippen LogP contribution in [0.1, 0.15) is 270 Å². The molecule has 0 saturated heterocycles. The van der Waals surface area contributed by atoms with Crippen LogP contribution in [0.3, 0.4) is 0 Å². The summed E-state index contributed by atoms with van der Waals surface area (Å²) >= 11 is 0. The van der Waals surface area contributed by atoms with Crippen molar-refractivity contribution in [3.63, 3.8) is 0 Å². The summed E-state index contributed by atoms with van der Waals surface area (Å²) in [5.41, 5.74) is 4.32. The van der Waals surface area contributed by atoms with Crippen molar-refractivity contribution in [2.75, 3.05) is 0 Å². The fraction of sp³-hybridized carbons (Fsp3) is 1.00. The van der Waals surface area contributed by atoms with Gasteiger partial charge in [-0.15, -0.1) is 0 Å². The minimum absolute atomic E-state index is 0.500. The normalized spacial score (nSPS) is 21.8. The fourth-order valence-corrected chi connectivity index (χ4v) is 7.14. The van der Waals surface area contributed by atoms with Crippen molar-refractivity contribution in [2.24, 2.45) is 72.9 Å². The molecule has 4 saturated carbocycles. The topological polar surface area (TPSA) is 0 Å². The largest absolute Gasteiger partial charge is 0.0604 e. The van der Waals surface area contributed by atoms with Crippen molar-refractivity contribution < 1.29 is 0 Å². The van der Waals surface area contributed by atoms with Gasteiger partial charge in [0.15, 0.2) is 0 Å². The lowest BCUT2D eigenvalue weighted by atomic mass is 9.69. The molecule has 0 N–H and O–H groups in total. The van der Waals surface area contributed by atoms with Gasteiger partial charge in [-0.25, -0.2) is 0 Å². The molecule has 2 atom stereocenters. The first-order valence-electron chi connectivity index (χ1n) is 23.0. The van der Waals surface area contributed by atoms with Crippen LogP contribution in [-0.2, 0) is 0 Å². The third-order valence-electron chi connectivity index (χ3n) is 10.8. The molecule has 2 unspecified atom stereocenters. The van der Waals surface area contributed by atoms with Gasteiger partial charge in [0, 0.05) is 0 Å². The van der Waals surface area contributed by atoms with Gasteiger partial charge in [0.05, 0.1) is 0 Å². The van der Waals surface area contributed by atoms with E-state index in [0.29, 0.717) is 43.3 Å². The van der Waals surface area contributed by atoms with E-state index in [-0.39, 0.29) is 0 Å². The molecule has 0 bridgehead atoms. The van der Waals surface area contributed by atoms with Crippen LogP contribution in [0.2, 0.25) is 0 Å². The molecule has 0 amide bonds. The van der Waals surface area contributed by atoms with Gasteiger partial charge in [-0.2, -0.15) is 0 Å². The molecular weight excluding hydrogens is 637 g/mol. The first kappa shape index (κ1) is 57.3. The Bertz CT molecular complexity index is 793. The molecule has 53 heavy (non-hydrogen) atoms. The van der Waals surface area contributed by atoms with Crippen molar-refractivity contribution in [3.05, 3.63) is 0 Å². The van der Waals surface area contributed by atoms with E-state index in [1.807, 2.05) is 0 Å². The average Bonchev–Trinajstić information content (AvgIpc) is 3.48. The molecule has 0 spiro atoms. The second-order valence-corrected chi connectivity index (χ2v) is 28.2. The minimum Gasteiger partial charge on any atom is -0.0604 e. The van der Waals surface area contributed by atoms with Crippen LogP contribution < -0.4 is 0 Å². The highest BCUT2D eigenvalue weighted by molar-refractivity contribution is 4.99. The summed E-state index contributed by atoms with van der Waals surface area (Å²) in [6.07, 6.45) is 19.2. The van der Waals surface area contributed by atoms with Crippen molar-refractivity contribution in [1.29, 1.82) is 0 Å². The zero-order valence-electron chi connectivity index (χ0n) is 43.1. The predicted molar refractivity (Wildman–Crippen MR) is 250 cm³/mol. The first-order chi connectivity index (χ1) is 23.0. The zero-order chi connectivity index (χ0) is 43.1. The first-order valence-corrected chi connectivity index (χ1v) is 23.0. The SMILES string of the molecule is CC(C)(C)C.CC(C)(C)C.CC(C)(C)C.CC(C)(C)C1CC1C(C)(C)C.CC(C)(C)C1CCC1.CC(C)(C)C1CCCC1.CC(C)(C)C1CCCCC1. The Morgan fingerprint density at radius 2 is 0.396 bits per heavy atom. The Kier molecular flexibility index (Phi) is 25.3. The van der Waals surface area contributed by atoms with E-state index in [1.165, 1.54) is 83.5 Å². The van der Waals surface area contributed by atoms with Gasteiger partial charge in [0.25, 0.3) is 0 Å². The highest BCUT2D eigenvalue weighted by Crippen LogP contribution is 2.58. The predicted octanol–water partition coefficient (Wildman–Crippen LogP) is 19.5. The van der Waals surface area contributed by atoms with Crippen LogP contribution in [0.15, 0.2) is 0 Å². The Balaban J connectivity index is -0.000000563. The van der Waals surface area contributed by atoms with E-state index in [0.717, 1.165) is 29.6 Å². The monoisotopic (exact) mass is 749 g/mol. The zero-order valence-corrected chi connectivity index (χ0v) is 43.1. The van der Waals surface area contributed by atoms with E-state index in [9.17, 15) is 0 Å². The fourth-order valence-electron chi connectivity index (χ4n) is 7.14. The molecule has 324 valence electrons. The van der Waals surface area contributed by atoms with Crippen LogP contribution in [0.5, 0.6) is 0 Å². The lowest BCUT2D eigenvalue weighted by Gasteiger charge is -2.37. The number of hydrogen-bond acceptors (Lipinski definition) is 0. The van der Waals surface area contributed by atoms with Crippen LogP contribution in [-0.4, -0.2) is 0 Å². The maximum Gasteiger partial charge on any atom is -0.0329 e.